The van der Waals surface area contributed by atoms with Crippen LogP contribution < -0.4 is 14.4 Å². The van der Waals surface area contributed by atoms with Crippen LogP contribution in [-0.2, 0) is 0 Å². The third-order valence-corrected chi connectivity index (χ3v) is 5.56. The van der Waals surface area contributed by atoms with E-state index in [1.165, 1.54) is 5.56 Å². The molecule has 5 heteroatoms. The van der Waals surface area contributed by atoms with Gasteiger partial charge in [-0.05, 0) is 49.3 Å². The van der Waals surface area contributed by atoms with Crippen LogP contribution in [0.3, 0.4) is 0 Å². The fraction of sp³-hybridized carbons (Fsp3) is 0.526. The molecule has 1 aromatic heterocycles. The number of aryl methyl sites for hydroxylation is 1. The van der Waals surface area contributed by atoms with Crippen LogP contribution in [0.4, 0.5) is 5.82 Å². The highest BCUT2D eigenvalue weighted by Gasteiger charge is 2.40. The van der Waals surface area contributed by atoms with E-state index in [9.17, 15) is 5.11 Å². The van der Waals surface area contributed by atoms with E-state index in [1.807, 2.05) is 12.1 Å². The number of anilines is 1. The molecule has 2 aliphatic rings. The second-order valence-electron chi connectivity index (χ2n) is 7.07. The zero-order valence-corrected chi connectivity index (χ0v) is 14.5. The molecule has 5 nitrogen and oxygen atoms in total. The number of aliphatic hydroxyl groups excluding tert-OH is 1. The highest BCUT2D eigenvalue weighted by molar-refractivity contribution is 5.87. The minimum absolute atomic E-state index is 0.106. The summed E-state index contributed by atoms with van der Waals surface area (Å²) in [4.78, 5) is 7.24. The number of ether oxygens (including phenoxy) is 2. The Morgan fingerprint density at radius 2 is 1.67 bits per heavy atom. The Balaban J connectivity index is 1.70. The van der Waals surface area contributed by atoms with E-state index in [0.29, 0.717) is 17.6 Å². The van der Waals surface area contributed by atoms with Crippen LogP contribution in [-0.4, -0.2) is 43.5 Å². The van der Waals surface area contributed by atoms with Crippen molar-refractivity contribution in [3.63, 3.8) is 0 Å². The summed E-state index contributed by atoms with van der Waals surface area (Å²) in [5.41, 5.74) is 2.12. The van der Waals surface area contributed by atoms with Gasteiger partial charge in [0, 0.05) is 24.5 Å². The lowest BCUT2D eigenvalue weighted by molar-refractivity contribution is 0.174. The number of pyridine rings is 1. The van der Waals surface area contributed by atoms with Crippen LogP contribution in [0.5, 0.6) is 11.5 Å². The lowest BCUT2D eigenvalue weighted by Crippen LogP contribution is -2.23. The van der Waals surface area contributed by atoms with Crippen molar-refractivity contribution >= 4 is 16.7 Å². The van der Waals surface area contributed by atoms with Gasteiger partial charge in [0.1, 0.15) is 5.82 Å². The Labute approximate surface area is 142 Å². The first-order valence-electron chi connectivity index (χ1n) is 8.55. The van der Waals surface area contributed by atoms with Crippen molar-refractivity contribution in [1.82, 2.24) is 4.98 Å². The van der Waals surface area contributed by atoms with E-state index < -0.39 is 0 Å². The van der Waals surface area contributed by atoms with Crippen LogP contribution in [0.1, 0.15) is 18.4 Å². The van der Waals surface area contributed by atoms with Gasteiger partial charge >= 0.3 is 0 Å². The van der Waals surface area contributed by atoms with Crippen molar-refractivity contribution in [3.8, 4) is 11.5 Å². The Hall–Kier alpha value is -2.01. The predicted molar refractivity (Wildman–Crippen MR) is 94.0 cm³/mol. The quantitative estimate of drug-likeness (QED) is 0.939. The molecule has 3 atom stereocenters. The fourth-order valence-electron chi connectivity index (χ4n) is 4.32. The Morgan fingerprint density at radius 1 is 1.04 bits per heavy atom. The average Bonchev–Trinajstić information content (AvgIpc) is 3.10. The number of nitrogens with zero attached hydrogens (tertiary/aromatic N) is 2. The normalized spacial score (nSPS) is 26.0. The van der Waals surface area contributed by atoms with Crippen molar-refractivity contribution < 1.29 is 14.6 Å². The van der Waals surface area contributed by atoms with E-state index in [2.05, 4.69) is 17.9 Å². The van der Waals surface area contributed by atoms with Crippen LogP contribution >= 0.6 is 0 Å². The van der Waals surface area contributed by atoms with E-state index in [0.717, 1.165) is 48.4 Å². The Morgan fingerprint density at radius 3 is 2.29 bits per heavy atom. The Bertz CT molecular complexity index is 763. The van der Waals surface area contributed by atoms with Crippen molar-refractivity contribution in [3.05, 3.63) is 23.8 Å². The number of aromatic nitrogens is 1. The summed E-state index contributed by atoms with van der Waals surface area (Å²) in [5, 5.41) is 10.9. The maximum absolute atomic E-state index is 9.82. The molecule has 1 aliphatic carbocycles. The first kappa shape index (κ1) is 15.5. The molecular formula is C19H24N2O3. The molecular weight excluding hydrogens is 304 g/mol. The SMILES string of the molecule is COc1cc2nc(N3C[C@H]4CC(O)C[C@H]4C3)cc(C)c2cc1OC. The summed E-state index contributed by atoms with van der Waals surface area (Å²) in [5.74, 6) is 3.66. The third kappa shape index (κ3) is 2.47. The van der Waals surface area contributed by atoms with E-state index in [-0.39, 0.29) is 6.10 Å². The number of hydrogen-bond acceptors (Lipinski definition) is 5. The second kappa shape index (κ2) is 5.81. The van der Waals surface area contributed by atoms with Gasteiger partial charge < -0.3 is 19.5 Å². The van der Waals surface area contributed by atoms with Crippen molar-refractivity contribution in [2.75, 3.05) is 32.2 Å². The monoisotopic (exact) mass is 328 g/mol. The minimum atomic E-state index is -0.106. The van der Waals surface area contributed by atoms with Crippen molar-refractivity contribution in [2.45, 2.75) is 25.9 Å². The van der Waals surface area contributed by atoms with Crippen molar-refractivity contribution in [2.24, 2.45) is 11.8 Å². The molecule has 1 aliphatic heterocycles. The number of rotatable bonds is 3. The zero-order valence-electron chi connectivity index (χ0n) is 14.5. The molecule has 1 saturated carbocycles. The standard InChI is InChI=1S/C19H24N2O3/c1-11-4-19(21-9-12-5-14(22)6-13(12)10-21)20-16-8-18(24-3)17(23-2)7-15(11)16/h4,7-8,12-14,22H,5-6,9-10H2,1-3H3/t12-,13+,14?. The van der Waals surface area contributed by atoms with Crippen LogP contribution in [0.15, 0.2) is 18.2 Å². The molecule has 1 N–H and O–H groups in total. The number of aliphatic hydroxyl groups is 1. The number of fused-ring (bicyclic) bond motifs is 2. The topological polar surface area (TPSA) is 54.8 Å². The fourth-order valence-corrected chi connectivity index (χ4v) is 4.32. The molecule has 0 spiro atoms. The molecule has 1 aromatic carbocycles. The molecule has 1 saturated heterocycles. The average molecular weight is 328 g/mol. The predicted octanol–water partition coefficient (Wildman–Crippen LogP) is 2.77. The van der Waals surface area contributed by atoms with Crippen LogP contribution in [0.25, 0.3) is 10.9 Å². The van der Waals surface area contributed by atoms with Gasteiger partial charge in [-0.3, -0.25) is 0 Å². The number of methoxy groups -OCH3 is 2. The number of benzene rings is 1. The molecule has 128 valence electrons. The number of hydrogen-bond donors (Lipinski definition) is 1. The van der Waals surface area contributed by atoms with E-state index >= 15 is 0 Å². The van der Waals surface area contributed by atoms with E-state index in [1.54, 1.807) is 14.2 Å². The maximum atomic E-state index is 9.82. The lowest BCUT2D eigenvalue weighted by Gasteiger charge is -2.21. The molecule has 2 fully saturated rings. The third-order valence-electron chi connectivity index (χ3n) is 5.56. The van der Waals surface area contributed by atoms with E-state index in [4.69, 9.17) is 14.5 Å². The van der Waals surface area contributed by atoms with Crippen molar-refractivity contribution in [1.29, 1.82) is 0 Å². The molecule has 2 heterocycles. The summed E-state index contributed by atoms with van der Waals surface area (Å²) in [6.07, 6.45) is 1.75. The summed E-state index contributed by atoms with van der Waals surface area (Å²) in [6, 6.07) is 6.10. The van der Waals surface area contributed by atoms with Gasteiger partial charge in [0.25, 0.3) is 0 Å². The van der Waals surface area contributed by atoms with Gasteiger partial charge in [-0.2, -0.15) is 0 Å². The summed E-state index contributed by atoms with van der Waals surface area (Å²) < 4.78 is 10.8. The van der Waals surface area contributed by atoms with Crippen LogP contribution in [0, 0.1) is 18.8 Å². The van der Waals surface area contributed by atoms with Gasteiger partial charge in [-0.15, -0.1) is 0 Å². The largest absolute Gasteiger partial charge is 0.493 e. The summed E-state index contributed by atoms with van der Waals surface area (Å²) >= 11 is 0. The highest BCUT2D eigenvalue weighted by Crippen LogP contribution is 2.40. The highest BCUT2D eigenvalue weighted by atomic mass is 16.5. The molecule has 4 rings (SSSR count). The molecule has 24 heavy (non-hydrogen) atoms. The van der Waals surface area contributed by atoms with Gasteiger partial charge in [0.2, 0.25) is 0 Å². The molecule has 0 bridgehead atoms. The lowest BCUT2D eigenvalue weighted by atomic mass is 10.0. The molecule has 1 unspecified atom stereocenters. The van der Waals surface area contributed by atoms with Crippen LogP contribution in [0.2, 0.25) is 0 Å². The molecule has 0 radical (unpaired) electrons. The maximum Gasteiger partial charge on any atom is 0.162 e. The second-order valence-corrected chi connectivity index (χ2v) is 7.07. The van der Waals surface area contributed by atoms with Gasteiger partial charge in [0.15, 0.2) is 11.5 Å². The van der Waals surface area contributed by atoms with Gasteiger partial charge in [0.05, 0.1) is 25.8 Å². The first-order chi connectivity index (χ1) is 11.6. The Kier molecular flexibility index (Phi) is 3.76. The minimum Gasteiger partial charge on any atom is -0.493 e. The molecule has 0 amide bonds. The van der Waals surface area contributed by atoms with Gasteiger partial charge in [-0.25, -0.2) is 4.98 Å². The first-order valence-corrected chi connectivity index (χ1v) is 8.55. The summed E-state index contributed by atoms with van der Waals surface area (Å²) in [6.45, 7) is 4.10. The summed E-state index contributed by atoms with van der Waals surface area (Å²) in [7, 11) is 3.30. The smallest absolute Gasteiger partial charge is 0.162 e. The van der Waals surface area contributed by atoms with Gasteiger partial charge in [-0.1, -0.05) is 0 Å². The molecule has 2 aromatic rings. The zero-order chi connectivity index (χ0) is 16.8.